The Morgan fingerprint density at radius 1 is 1.32 bits per heavy atom. The van der Waals surface area contributed by atoms with Crippen LogP contribution >= 0.6 is 12.4 Å². The molecule has 1 aliphatic carbocycles. The van der Waals surface area contributed by atoms with Crippen molar-refractivity contribution in [2.75, 3.05) is 19.8 Å². The molecule has 1 rings (SSSR count). The summed E-state index contributed by atoms with van der Waals surface area (Å²) in [6.45, 7) is 4.45. The summed E-state index contributed by atoms with van der Waals surface area (Å²) in [5.41, 5.74) is 5.89. The first-order valence-corrected chi connectivity index (χ1v) is 7.35. The van der Waals surface area contributed by atoms with Crippen molar-refractivity contribution in [2.45, 2.75) is 57.9 Å². The molecule has 0 aliphatic heterocycles. The van der Waals surface area contributed by atoms with E-state index >= 15 is 0 Å². The number of hydrogen-bond acceptors (Lipinski definition) is 3. The van der Waals surface area contributed by atoms with Crippen LogP contribution in [0.1, 0.15) is 51.9 Å². The Morgan fingerprint density at radius 3 is 2.74 bits per heavy atom. The third kappa shape index (κ3) is 8.45. The van der Waals surface area contributed by atoms with Crippen LogP contribution in [0.4, 0.5) is 0 Å². The smallest absolute Gasteiger partial charge is 0.223 e. The van der Waals surface area contributed by atoms with Gasteiger partial charge in [0.1, 0.15) is 0 Å². The molecular formula is C14H29ClN2O2. The zero-order valence-electron chi connectivity index (χ0n) is 12.0. The van der Waals surface area contributed by atoms with Crippen LogP contribution in [-0.2, 0) is 9.53 Å². The van der Waals surface area contributed by atoms with Gasteiger partial charge in [0.15, 0.2) is 0 Å². The van der Waals surface area contributed by atoms with Crippen LogP contribution in [0.3, 0.4) is 0 Å². The van der Waals surface area contributed by atoms with E-state index in [1.807, 2.05) is 0 Å². The third-order valence-electron chi connectivity index (χ3n) is 3.49. The van der Waals surface area contributed by atoms with Gasteiger partial charge in [0.25, 0.3) is 0 Å². The van der Waals surface area contributed by atoms with Crippen LogP contribution in [0, 0.1) is 5.92 Å². The summed E-state index contributed by atoms with van der Waals surface area (Å²) in [4.78, 5) is 11.9. The Morgan fingerprint density at radius 2 is 2.05 bits per heavy atom. The third-order valence-corrected chi connectivity index (χ3v) is 3.49. The standard InChI is InChI=1S/C14H28N2O2.ClH/c1-2-3-9-18-10-5-8-16-14(17)12-6-4-7-13(15)11-12;/h12-13H,2-11,15H2,1H3,(H,16,17);1H. The van der Waals surface area contributed by atoms with Crippen molar-refractivity contribution < 1.29 is 9.53 Å². The molecule has 1 aliphatic rings. The number of hydrogen-bond donors (Lipinski definition) is 2. The van der Waals surface area contributed by atoms with E-state index in [0.29, 0.717) is 0 Å². The number of halogens is 1. The topological polar surface area (TPSA) is 64.3 Å². The summed E-state index contributed by atoms with van der Waals surface area (Å²) in [5.74, 6) is 0.313. The van der Waals surface area contributed by atoms with Crippen molar-refractivity contribution >= 4 is 18.3 Å². The van der Waals surface area contributed by atoms with Crippen LogP contribution < -0.4 is 11.1 Å². The highest BCUT2D eigenvalue weighted by molar-refractivity contribution is 5.85. The SMILES string of the molecule is CCCCOCCCNC(=O)C1CCCC(N)C1.Cl. The maximum Gasteiger partial charge on any atom is 0.223 e. The van der Waals surface area contributed by atoms with Crippen LogP contribution in [0.15, 0.2) is 0 Å². The van der Waals surface area contributed by atoms with E-state index in [-0.39, 0.29) is 30.3 Å². The highest BCUT2D eigenvalue weighted by atomic mass is 35.5. The van der Waals surface area contributed by atoms with Gasteiger partial charge < -0.3 is 15.8 Å². The van der Waals surface area contributed by atoms with Crippen molar-refractivity contribution in [3.63, 3.8) is 0 Å². The van der Waals surface area contributed by atoms with Gasteiger partial charge in [-0.15, -0.1) is 12.4 Å². The highest BCUT2D eigenvalue weighted by Gasteiger charge is 2.24. The van der Waals surface area contributed by atoms with Gasteiger partial charge in [-0.05, 0) is 32.1 Å². The fourth-order valence-corrected chi connectivity index (χ4v) is 2.34. The van der Waals surface area contributed by atoms with Crippen LogP contribution in [0.25, 0.3) is 0 Å². The number of unbranched alkanes of at least 4 members (excludes halogenated alkanes) is 1. The van der Waals surface area contributed by atoms with E-state index in [0.717, 1.165) is 58.3 Å². The monoisotopic (exact) mass is 292 g/mol. The van der Waals surface area contributed by atoms with Crippen molar-refractivity contribution in [3.05, 3.63) is 0 Å². The van der Waals surface area contributed by atoms with Gasteiger partial charge in [0, 0.05) is 31.7 Å². The molecule has 0 aromatic rings. The van der Waals surface area contributed by atoms with E-state index in [9.17, 15) is 4.79 Å². The Labute approximate surface area is 123 Å². The molecular weight excluding hydrogens is 264 g/mol. The lowest BCUT2D eigenvalue weighted by Crippen LogP contribution is -2.38. The molecule has 0 spiro atoms. The van der Waals surface area contributed by atoms with Crippen molar-refractivity contribution in [2.24, 2.45) is 11.7 Å². The highest BCUT2D eigenvalue weighted by Crippen LogP contribution is 2.22. The summed E-state index contributed by atoms with van der Waals surface area (Å²) in [6.07, 6.45) is 7.17. The number of ether oxygens (including phenoxy) is 1. The molecule has 114 valence electrons. The lowest BCUT2D eigenvalue weighted by molar-refractivity contribution is -0.126. The van der Waals surface area contributed by atoms with E-state index < -0.39 is 0 Å². The fraction of sp³-hybridized carbons (Fsp3) is 0.929. The van der Waals surface area contributed by atoms with E-state index in [2.05, 4.69) is 12.2 Å². The number of carbonyl (C=O) groups is 1. The summed E-state index contributed by atoms with van der Waals surface area (Å²) in [5, 5.41) is 2.99. The molecule has 0 aromatic carbocycles. The molecule has 3 N–H and O–H groups in total. The molecule has 0 heterocycles. The second-order valence-corrected chi connectivity index (χ2v) is 5.23. The molecule has 2 atom stereocenters. The largest absolute Gasteiger partial charge is 0.381 e. The minimum Gasteiger partial charge on any atom is -0.381 e. The molecule has 0 saturated heterocycles. The number of carbonyl (C=O) groups excluding carboxylic acids is 1. The average Bonchev–Trinajstić information content (AvgIpc) is 2.37. The van der Waals surface area contributed by atoms with Gasteiger partial charge in [-0.25, -0.2) is 0 Å². The summed E-state index contributed by atoms with van der Waals surface area (Å²) >= 11 is 0. The molecule has 5 heteroatoms. The number of nitrogens with two attached hydrogens (primary N) is 1. The van der Waals surface area contributed by atoms with Crippen LogP contribution in [0.5, 0.6) is 0 Å². The van der Waals surface area contributed by atoms with E-state index in [4.69, 9.17) is 10.5 Å². The molecule has 0 bridgehead atoms. The first-order chi connectivity index (χ1) is 8.74. The minimum atomic E-state index is 0. The molecule has 0 aromatic heterocycles. The Balaban J connectivity index is 0.00000324. The van der Waals surface area contributed by atoms with Gasteiger partial charge in [-0.2, -0.15) is 0 Å². The summed E-state index contributed by atoms with van der Waals surface area (Å²) in [6, 6.07) is 0.215. The van der Waals surface area contributed by atoms with Crippen LogP contribution in [0.2, 0.25) is 0 Å². The summed E-state index contributed by atoms with van der Waals surface area (Å²) in [7, 11) is 0. The zero-order chi connectivity index (χ0) is 13.2. The van der Waals surface area contributed by atoms with Gasteiger partial charge in [-0.1, -0.05) is 19.8 Å². The average molecular weight is 293 g/mol. The molecule has 4 nitrogen and oxygen atoms in total. The molecule has 1 amide bonds. The maximum absolute atomic E-state index is 11.9. The second kappa shape index (κ2) is 11.5. The Hall–Kier alpha value is -0.320. The number of amides is 1. The van der Waals surface area contributed by atoms with Crippen molar-refractivity contribution in [1.29, 1.82) is 0 Å². The number of rotatable bonds is 8. The van der Waals surface area contributed by atoms with Crippen molar-refractivity contribution in [1.82, 2.24) is 5.32 Å². The molecule has 2 unspecified atom stereocenters. The predicted molar refractivity (Wildman–Crippen MR) is 80.5 cm³/mol. The second-order valence-electron chi connectivity index (χ2n) is 5.23. The number of nitrogens with one attached hydrogen (secondary N) is 1. The lowest BCUT2D eigenvalue weighted by Gasteiger charge is -2.25. The summed E-state index contributed by atoms with van der Waals surface area (Å²) < 4.78 is 5.45. The minimum absolute atomic E-state index is 0. The van der Waals surface area contributed by atoms with E-state index in [1.165, 1.54) is 6.42 Å². The van der Waals surface area contributed by atoms with Crippen LogP contribution in [-0.4, -0.2) is 31.7 Å². The van der Waals surface area contributed by atoms with Gasteiger partial charge in [0.2, 0.25) is 5.91 Å². The van der Waals surface area contributed by atoms with Crippen molar-refractivity contribution in [3.8, 4) is 0 Å². The first-order valence-electron chi connectivity index (χ1n) is 7.35. The molecule has 1 fully saturated rings. The zero-order valence-corrected chi connectivity index (χ0v) is 12.8. The molecule has 19 heavy (non-hydrogen) atoms. The van der Waals surface area contributed by atoms with Gasteiger partial charge in [0.05, 0.1) is 0 Å². The Bertz CT molecular complexity index is 239. The Kier molecular flexibility index (Phi) is 11.3. The molecule has 0 radical (unpaired) electrons. The van der Waals surface area contributed by atoms with E-state index in [1.54, 1.807) is 0 Å². The fourth-order valence-electron chi connectivity index (χ4n) is 2.34. The lowest BCUT2D eigenvalue weighted by atomic mass is 9.85. The predicted octanol–water partition coefficient (Wildman–Crippen LogP) is 2.25. The maximum atomic E-state index is 11.9. The van der Waals surface area contributed by atoms with Gasteiger partial charge >= 0.3 is 0 Å². The normalized spacial score (nSPS) is 22.6. The molecule has 1 saturated carbocycles. The quantitative estimate of drug-likeness (QED) is 0.675. The first kappa shape index (κ1) is 18.7. The van der Waals surface area contributed by atoms with Gasteiger partial charge in [-0.3, -0.25) is 4.79 Å².